The van der Waals surface area contributed by atoms with Crippen molar-refractivity contribution in [3.8, 4) is 0 Å². The molecule has 0 atom stereocenters. The second-order valence-corrected chi connectivity index (χ2v) is 4.42. The Labute approximate surface area is 88.5 Å². The van der Waals surface area contributed by atoms with Gasteiger partial charge in [0.15, 0.2) is 0 Å². The zero-order valence-electron chi connectivity index (χ0n) is 8.71. The fourth-order valence-corrected chi connectivity index (χ4v) is 2.05. The number of nitrogens with two attached hydrogens (primary N) is 1. The molecule has 0 spiro atoms. The molecule has 0 unspecified atom stereocenters. The Kier molecular flexibility index (Phi) is 2.97. The first kappa shape index (κ1) is 10.5. The third-order valence-electron chi connectivity index (χ3n) is 3.18. The van der Waals surface area contributed by atoms with Crippen molar-refractivity contribution < 1.29 is 5.11 Å². The van der Waals surface area contributed by atoms with E-state index in [1.54, 1.807) is 11.0 Å². The summed E-state index contributed by atoms with van der Waals surface area (Å²) >= 11 is 0. The number of hydrogen-bond donors (Lipinski definition) is 2. The van der Waals surface area contributed by atoms with Crippen LogP contribution in [0.1, 0.15) is 32.1 Å². The van der Waals surface area contributed by atoms with E-state index in [1.165, 1.54) is 0 Å². The number of hydrogen-bond acceptors (Lipinski definition) is 5. The van der Waals surface area contributed by atoms with Gasteiger partial charge in [0.25, 0.3) is 0 Å². The zero-order valence-corrected chi connectivity index (χ0v) is 8.71. The molecule has 1 fully saturated rings. The van der Waals surface area contributed by atoms with Crippen molar-refractivity contribution in [2.45, 2.75) is 50.3 Å². The first-order chi connectivity index (χ1) is 7.18. The molecule has 1 saturated carbocycles. The number of aliphatic hydroxyl groups is 1. The van der Waals surface area contributed by atoms with Crippen LogP contribution in [0.15, 0.2) is 6.33 Å². The van der Waals surface area contributed by atoms with Gasteiger partial charge in [-0.15, -0.1) is 5.10 Å². The number of aryl methyl sites for hydroxylation is 1. The molecule has 2 rings (SSSR count). The molecule has 3 N–H and O–H groups in total. The minimum absolute atomic E-state index is 0.148. The smallest absolute Gasteiger partial charge is 0.138 e. The third kappa shape index (κ3) is 2.73. The number of aromatic nitrogens is 4. The summed E-state index contributed by atoms with van der Waals surface area (Å²) in [6.45, 7) is 0.750. The first-order valence-corrected chi connectivity index (χ1v) is 5.36. The predicted molar refractivity (Wildman–Crippen MR) is 53.8 cm³/mol. The molecule has 6 nitrogen and oxygen atoms in total. The molecule has 0 aromatic carbocycles. The van der Waals surface area contributed by atoms with Crippen LogP contribution in [-0.2, 0) is 6.54 Å². The van der Waals surface area contributed by atoms with Crippen molar-refractivity contribution >= 4 is 0 Å². The first-order valence-electron chi connectivity index (χ1n) is 5.36. The molecule has 1 aromatic heterocycles. The molecular weight excluding hydrogens is 194 g/mol. The van der Waals surface area contributed by atoms with E-state index in [4.69, 9.17) is 5.73 Å². The van der Waals surface area contributed by atoms with Crippen LogP contribution >= 0.6 is 0 Å². The monoisotopic (exact) mass is 211 g/mol. The van der Waals surface area contributed by atoms with Crippen molar-refractivity contribution in [3.63, 3.8) is 0 Å². The average Bonchev–Trinajstić information content (AvgIpc) is 2.73. The summed E-state index contributed by atoms with van der Waals surface area (Å²) in [5.74, 6) is 0. The second-order valence-electron chi connectivity index (χ2n) is 4.42. The van der Waals surface area contributed by atoms with Crippen molar-refractivity contribution in [1.29, 1.82) is 0 Å². The van der Waals surface area contributed by atoms with Crippen molar-refractivity contribution in [1.82, 2.24) is 20.2 Å². The van der Waals surface area contributed by atoms with Gasteiger partial charge in [0, 0.05) is 12.1 Å². The number of rotatable bonds is 3. The van der Waals surface area contributed by atoms with Gasteiger partial charge in [-0.25, -0.2) is 4.68 Å². The minimum atomic E-state index is -0.158. The summed E-state index contributed by atoms with van der Waals surface area (Å²) in [5.41, 5.74) is 6.10. The van der Waals surface area contributed by atoms with E-state index in [9.17, 15) is 5.11 Å². The van der Waals surface area contributed by atoms with Crippen LogP contribution in [0, 0.1) is 0 Å². The van der Waals surface area contributed by atoms with Crippen molar-refractivity contribution in [3.05, 3.63) is 6.33 Å². The van der Waals surface area contributed by atoms with Gasteiger partial charge < -0.3 is 10.8 Å². The van der Waals surface area contributed by atoms with Crippen molar-refractivity contribution in [2.24, 2.45) is 5.73 Å². The Balaban J connectivity index is 1.83. The summed E-state index contributed by atoms with van der Waals surface area (Å²) < 4.78 is 1.69. The summed E-state index contributed by atoms with van der Waals surface area (Å²) in [6.07, 6.45) is 5.70. The fourth-order valence-electron chi connectivity index (χ4n) is 2.05. The van der Waals surface area contributed by atoms with Crippen LogP contribution in [0.3, 0.4) is 0 Å². The Bertz CT molecular complexity index is 291. The number of nitrogens with zero attached hydrogens (tertiary/aromatic N) is 4. The van der Waals surface area contributed by atoms with Crippen LogP contribution in [0.25, 0.3) is 0 Å². The minimum Gasteiger partial charge on any atom is -0.393 e. The topological polar surface area (TPSA) is 89.9 Å². The summed E-state index contributed by atoms with van der Waals surface area (Å²) in [7, 11) is 0. The predicted octanol–water partition coefficient (Wildman–Crippen LogP) is -0.304. The van der Waals surface area contributed by atoms with Gasteiger partial charge in [0.05, 0.1) is 6.10 Å². The number of aliphatic hydroxyl groups excluding tert-OH is 1. The summed E-state index contributed by atoms with van der Waals surface area (Å²) in [4.78, 5) is 0. The molecule has 0 radical (unpaired) electrons. The van der Waals surface area contributed by atoms with Gasteiger partial charge in [0.2, 0.25) is 0 Å². The molecule has 0 saturated heterocycles. The summed E-state index contributed by atoms with van der Waals surface area (Å²) in [5, 5.41) is 20.3. The van der Waals surface area contributed by atoms with E-state index in [0.717, 1.165) is 38.6 Å². The molecule has 0 amide bonds. The van der Waals surface area contributed by atoms with E-state index in [1.807, 2.05) is 0 Å². The van der Waals surface area contributed by atoms with Gasteiger partial charge in [-0.05, 0) is 42.5 Å². The Morgan fingerprint density at radius 2 is 2.20 bits per heavy atom. The van der Waals surface area contributed by atoms with Crippen LogP contribution in [0.5, 0.6) is 0 Å². The van der Waals surface area contributed by atoms with E-state index in [2.05, 4.69) is 15.5 Å². The molecule has 84 valence electrons. The molecule has 0 bridgehead atoms. The highest BCUT2D eigenvalue weighted by atomic mass is 16.3. The normalized spacial score (nSPS) is 31.7. The Hall–Kier alpha value is -1.01. The lowest BCUT2D eigenvalue weighted by molar-refractivity contribution is 0.0924. The van der Waals surface area contributed by atoms with Gasteiger partial charge in [-0.2, -0.15) is 0 Å². The molecule has 1 heterocycles. The molecular formula is C9H17N5O. The van der Waals surface area contributed by atoms with Crippen LogP contribution in [-0.4, -0.2) is 37.0 Å². The molecule has 15 heavy (non-hydrogen) atoms. The van der Waals surface area contributed by atoms with Gasteiger partial charge in [-0.1, -0.05) is 0 Å². The molecule has 0 aliphatic heterocycles. The summed E-state index contributed by atoms with van der Waals surface area (Å²) in [6, 6.07) is 0. The van der Waals surface area contributed by atoms with Crippen LogP contribution < -0.4 is 5.73 Å². The van der Waals surface area contributed by atoms with Crippen LogP contribution in [0.2, 0.25) is 0 Å². The lowest BCUT2D eigenvalue weighted by atomic mass is 9.79. The SMILES string of the molecule is NC1(CCn2cnnn2)CCC(O)CC1. The number of tetrazole rings is 1. The average molecular weight is 211 g/mol. The van der Waals surface area contributed by atoms with E-state index in [-0.39, 0.29) is 11.6 Å². The fraction of sp³-hybridized carbons (Fsp3) is 0.889. The second kappa shape index (κ2) is 4.24. The maximum atomic E-state index is 9.40. The van der Waals surface area contributed by atoms with E-state index < -0.39 is 0 Å². The third-order valence-corrected chi connectivity index (χ3v) is 3.18. The van der Waals surface area contributed by atoms with E-state index >= 15 is 0 Å². The maximum Gasteiger partial charge on any atom is 0.138 e. The zero-order chi connectivity index (χ0) is 10.7. The van der Waals surface area contributed by atoms with Crippen molar-refractivity contribution in [2.75, 3.05) is 0 Å². The Morgan fingerprint density at radius 1 is 1.47 bits per heavy atom. The molecule has 1 aliphatic carbocycles. The molecule has 1 aromatic rings. The lowest BCUT2D eigenvalue weighted by Gasteiger charge is -2.35. The standard InChI is InChI=1S/C9H17N5O/c10-9(3-1-8(15)2-4-9)5-6-14-7-11-12-13-14/h7-8,15H,1-6,10H2. The highest BCUT2D eigenvalue weighted by molar-refractivity contribution is 4.89. The maximum absolute atomic E-state index is 9.40. The Morgan fingerprint density at radius 3 is 2.80 bits per heavy atom. The molecule has 6 heteroatoms. The quantitative estimate of drug-likeness (QED) is 0.716. The highest BCUT2D eigenvalue weighted by Gasteiger charge is 2.30. The van der Waals surface area contributed by atoms with Gasteiger partial charge in [0.1, 0.15) is 6.33 Å². The molecule has 1 aliphatic rings. The van der Waals surface area contributed by atoms with Crippen LogP contribution in [0.4, 0.5) is 0 Å². The highest BCUT2D eigenvalue weighted by Crippen LogP contribution is 2.29. The van der Waals surface area contributed by atoms with Gasteiger partial charge >= 0.3 is 0 Å². The largest absolute Gasteiger partial charge is 0.393 e. The lowest BCUT2D eigenvalue weighted by Crippen LogP contribution is -2.45. The van der Waals surface area contributed by atoms with E-state index in [0.29, 0.717) is 0 Å². The van der Waals surface area contributed by atoms with Gasteiger partial charge in [-0.3, -0.25) is 0 Å².